The van der Waals surface area contributed by atoms with Crippen LogP contribution in [0.4, 0.5) is 4.39 Å². The summed E-state index contributed by atoms with van der Waals surface area (Å²) in [7, 11) is 1.65. The Kier molecular flexibility index (Phi) is 7.65. The van der Waals surface area contributed by atoms with Gasteiger partial charge >= 0.3 is 0 Å². The molecule has 0 aliphatic heterocycles. The van der Waals surface area contributed by atoms with Gasteiger partial charge in [0.1, 0.15) is 29.2 Å². The van der Waals surface area contributed by atoms with E-state index in [1.807, 2.05) is 13.0 Å². The van der Waals surface area contributed by atoms with Crippen molar-refractivity contribution in [3.8, 4) is 28.4 Å². The monoisotopic (exact) mass is 522 g/mol. The summed E-state index contributed by atoms with van der Waals surface area (Å²) in [4.78, 5) is 24.8. The van der Waals surface area contributed by atoms with Gasteiger partial charge in [-0.1, -0.05) is 6.07 Å². The maximum absolute atomic E-state index is 13.9. The molecule has 0 unspecified atom stereocenters. The van der Waals surface area contributed by atoms with E-state index in [1.54, 1.807) is 53.1 Å². The number of aryl methyl sites for hydroxylation is 3. The van der Waals surface area contributed by atoms with Crippen LogP contribution in [0.2, 0.25) is 0 Å². The topological polar surface area (TPSA) is 89.8 Å². The van der Waals surface area contributed by atoms with Gasteiger partial charge in [-0.25, -0.2) is 4.39 Å². The Morgan fingerprint density at radius 3 is 2.37 bits per heavy atom. The minimum Gasteiger partial charge on any atom is -0.489 e. The summed E-state index contributed by atoms with van der Waals surface area (Å²) in [6.07, 6.45) is 2.58. The molecule has 1 heterocycles. The number of benzene rings is 2. The molecule has 2 N–H and O–H groups in total. The van der Waals surface area contributed by atoms with Crippen molar-refractivity contribution in [1.29, 1.82) is 0 Å². The van der Waals surface area contributed by atoms with Gasteiger partial charge in [-0.2, -0.15) is 0 Å². The summed E-state index contributed by atoms with van der Waals surface area (Å²) in [6.45, 7) is 9.39. The number of hydrogen-bond acceptors (Lipinski definition) is 5. The summed E-state index contributed by atoms with van der Waals surface area (Å²) < 4.78 is 28.0. The molecule has 1 aromatic heterocycles. The van der Waals surface area contributed by atoms with Crippen molar-refractivity contribution in [3.63, 3.8) is 0 Å². The minimum absolute atomic E-state index is 0.00940. The lowest BCUT2D eigenvalue weighted by Gasteiger charge is -2.34. The molecule has 0 saturated heterocycles. The zero-order chi connectivity index (χ0) is 27.8. The highest BCUT2D eigenvalue weighted by molar-refractivity contribution is 5.80. The predicted molar refractivity (Wildman–Crippen MR) is 144 cm³/mol. The largest absolute Gasteiger partial charge is 0.489 e. The second-order valence-corrected chi connectivity index (χ2v) is 10.5. The molecule has 8 heteroatoms. The summed E-state index contributed by atoms with van der Waals surface area (Å²) in [5.74, 6) is 0.919. The molecule has 1 amide bonds. The Balaban J connectivity index is 1.78. The molecular weight excluding hydrogens is 487 g/mol. The maximum atomic E-state index is 13.9. The van der Waals surface area contributed by atoms with Gasteiger partial charge in [0.05, 0.1) is 5.60 Å². The Bertz CT molecular complexity index is 1390. The molecule has 4 rings (SSSR count). The van der Waals surface area contributed by atoms with Gasteiger partial charge < -0.3 is 24.5 Å². The number of carbonyl (C=O) groups excluding carboxylic acids is 1. The second kappa shape index (κ2) is 10.6. The highest BCUT2D eigenvalue weighted by Crippen LogP contribution is 2.43. The van der Waals surface area contributed by atoms with E-state index in [0.29, 0.717) is 64.5 Å². The molecule has 0 spiro atoms. The molecular formula is C30H35FN2O5. The van der Waals surface area contributed by atoms with E-state index >= 15 is 0 Å². The first-order chi connectivity index (χ1) is 17.9. The average molecular weight is 523 g/mol. The van der Waals surface area contributed by atoms with E-state index in [1.165, 1.54) is 22.8 Å². The first-order valence-corrected chi connectivity index (χ1v) is 12.8. The number of rotatable bonds is 8. The van der Waals surface area contributed by atoms with Crippen LogP contribution in [0.1, 0.15) is 50.3 Å². The fourth-order valence-corrected chi connectivity index (χ4v) is 4.66. The zero-order valence-electron chi connectivity index (χ0n) is 22.7. The van der Waals surface area contributed by atoms with Crippen LogP contribution in [0.5, 0.6) is 17.2 Å². The lowest BCUT2D eigenvalue weighted by molar-refractivity contribution is -0.130. The molecule has 7 nitrogen and oxygen atoms in total. The van der Waals surface area contributed by atoms with Gasteiger partial charge in [-0.15, -0.1) is 0 Å². The van der Waals surface area contributed by atoms with E-state index in [9.17, 15) is 19.1 Å². The number of aliphatic hydroxyl groups is 1. The third-order valence-corrected chi connectivity index (χ3v) is 6.91. The number of halogens is 1. The lowest BCUT2D eigenvalue weighted by Crippen LogP contribution is -2.43. The van der Waals surface area contributed by atoms with E-state index in [-0.39, 0.29) is 29.3 Å². The molecule has 1 fully saturated rings. The minimum atomic E-state index is -1.13. The van der Waals surface area contributed by atoms with Crippen molar-refractivity contribution >= 4 is 5.91 Å². The number of amides is 1. The third-order valence-electron chi connectivity index (χ3n) is 6.91. The van der Waals surface area contributed by atoms with Crippen LogP contribution in [0, 0.1) is 25.6 Å². The normalized spacial score (nSPS) is 17.1. The molecule has 0 bridgehead atoms. The quantitative estimate of drug-likeness (QED) is 0.429. The van der Waals surface area contributed by atoms with Gasteiger partial charge in [-0.05, 0) is 88.4 Å². The van der Waals surface area contributed by atoms with Crippen molar-refractivity contribution < 1.29 is 23.8 Å². The van der Waals surface area contributed by atoms with E-state index in [0.717, 1.165) is 0 Å². The SMILES string of the molecule is CCNC(=O)[C@H]1C[C@@H](Oc2cc(=O)n(C)cc2-c2cc(C(C)(C)O)ccc2Oc2c(C)cc(F)cc2C)C1. The Morgan fingerprint density at radius 2 is 1.76 bits per heavy atom. The fourth-order valence-electron chi connectivity index (χ4n) is 4.66. The van der Waals surface area contributed by atoms with Crippen LogP contribution in [0.15, 0.2) is 47.4 Å². The van der Waals surface area contributed by atoms with Crippen molar-refractivity contribution in [2.75, 3.05) is 6.54 Å². The summed E-state index contributed by atoms with van der Waals surface area (Å²) in [5.41, 5.74) is 1.77. The number of nitrogens with zero attached hydrogens (tertiary/aromatic N) is 1. The van der Waals surface area contributed by atoms with Gasteiger partial charge in [-0.3, -0.25) is 9.59 Å². The molecule has 2 aromatic carbocycles. The summed E-state index contributed by atoms with van der Waals surface area (Å²) in [6, 6.07) is 9.61. The molecule has 0 atom stereocenters. The summed E-state index contributed by atoms with van der Waals surface area (Å²) >= 11 is 0. The molecule has 1 aliphatic carbocycles. The third kappa shape index (κ3) is 5.75. The van der Waals surface area contributed by atoms with E-state index in [4.69, 9.17) is 9.47 Å². The Hall–Kier alpha value is -3.65. The first-order valence-electron chi connectivity index (χ1n) is 12.8. The second-order valence-electron chi connectivity index (χ2n) is 10.5. The van der Waals surface area contributed by atoms with Gasteiger partial charge in [0.15, 0.2) is 0 Å². The van der Waals surface area contributed by atoms with Gasteiger partial charge in [0.25, 0.3) is 5.56 Å². The number of pyridine rings is 1. The van der Waals surface area contributed by atoms with Gasteiger partial charge in [0, 0.05) is 42.9 Å². The standard InChI is InChI=1S/C30H35FN2O5/c1-7-32-29(35)19-12-22(13-19)37-26-15-27(34)33(6)16-24(26)23-14-20(30(4,5)36)8-9-25(23)38-28-17(2)10-21(31)11-18(28)3/h8-11,14-16,19,22,36H,7,12-13H2,1-6H3,(H,32,35)/t19-,22+. The van der Waals surface area contributed by atoms with Crippen molar-refractivity contribution in [2.45, 2.75) is 59.2 Å². The average Bonchev–Trinajstić information content (AvgIpc) is 2.80. The highest BCUT2D eigenvalue weighted by Gasteiger charge is 2.36. The number of nitrogens with one attached hydrogen (secondary N) is 1. The zero-order valence-corrected chi connectivity index (χ0v) is 22.7. The van der Waals surface area contributed by atoms with Crippen LogP contribution in [0.3, 0.4) is 0 Å². The van der Waals surface area contributed by atoms with Crippen molar-refractivity contribution in [1.82, 2.24) is 9.88 Å². The Morgan fingerprint density at radius 1 is 1.11 bits per heavy atom. The molecule has 0 radical (unpaired) electrons. The number of aromatic nitrogens is 1. The molecule has 1 aliphatic rings. The van der Waals surface area contributed by atoms with Crippen LogP contribution < -0.4 is 20.3 Å². The van der Waals surface area contributed by atoms with Crippen LogP contribution in [0.25, 0.3) is 11.1 Å². The number of hydrogen-bond donors (Lipinski definition) is 2. The van der Waals surface area contributed by atoms with E-state index < -0.39 is 5.60 Å². The number of ether oxygens (including phenoxy) is 2. The maximum Gasteiger partial charge on any atom is 0.254 e. The summed E-state index contributed by atoms with van der Waals surface area (Å²) in [5, 5.41) is 13.6. The van der Waals surface area contributed by atoms with Gasteiger partial charge in [0.2, 0.25) is 5.91 Å². The molecule has 38 heavy (non-hydrogen) atoms. The molecule has 202 valence electrons. The van der Waals surface area contributed by atoms with Crippen LogP contribution >= 0.6 is 0 Å². The molecule has 1 saturated carbocycles. The number of carbonyl (C=O) groups is 1. The van der Waals surface area contributed by atoms with Crippen molar-refractivity contribution in [3.05, 3.63) is 75.5 Å². The first kappa shape index (κ1) is 27.4. The highest BCUT2D eigenvalue weighted by atomic mass is 19.1. The lowest BCUT2D eigenvalue weighted by atomic mass is 9.81. The van der Waals surface area contributed by atoms with Crippen molar-refractivity contribution in [2.24, 2.45) is 13.0 Å². The smallest absolute Gasteiger partial charge is 0.254 e. The molecule has 3 aromatic rings. The van der Waals surface area contributed by atoms with E-state index in [2.05, 4.69) is 5.32 Å². The van der Waals surface area contributed by atoms with Crippen LogP contribution in [-0.2, 0) is 17.4 Å². The Labute approximate surface area is 222 Å². The van der Waals surface area contributed by atoms with Crippen LogP contribution in [-0.4, -0.2) is 28.2 Å². The fraction of sp³-hybridized carbons (Fsp3) is 0.400. The predicted octanol–water partition coefficient (Wildman–Crippen LogP) is 5.12.